The average molecular weight is 453 g/mol. The van der Waals surface area contributed by atoms with Gasteiger partial charge in [-0.2, -0.15) is 0 Å². The molecule has 2 heterocycles. The number of hydroxylamine groups is 2. The number of alkyl halides is 1. The van der Waals surface area contributed by atoms with Crippen molar-refractivity contribution in [1.29, 1.82) is 0 Å². The Balaban J connectivity index is 1.91. The van der Waals surface area contributed by atoms with Gasteiger partial charge in [0.25, 0.3) is 11.8 Å². The van der Waals surface area contributed by atoms with Gasteiger partial charge in [-0.25, -0.2) is 9.23 Å². The standard InChI is InChI=1S/C20H20FNO10/c1-9(23)28-8-14-15(21)16(29-10(2)24)17(30-11(3)25)20(31-14)32-22-18(26)12-6-4-5-7-13(12)19(22)27/h4-7,14-17,20H,8H2,1-3H3/t14?,15-,16-,17+,20-/m0/s1. The number of benzene rings is 1. The van der Waals surface area contributed by atoms with E-state index in [9.17, 15) is 24.0 Å². The predicted molar refractivity (Wildman–Crippen MR) is 99.3 cm³/mol. The first-order valence-corrected chi connectivity index (χ1v) is 9.52. The van der Waals surface area contributed by atoms with Crippen LogP contribution in [0.3, 0.4) is 0 Å². The van der Waals surface area contributed by atoms with Gasteiger partial charge in [0.1, 0.15) is 12.7 Å². The van der Waals surface area contributed by atoms with E-state index in [0.717, 1.165) is 20.8 Å². The van der Waals surface area contributed by atoms with E-state index < -0.39 is 67.1 Å². The smallest absolute Gasteiger partial charge is 0.303 e. The SMILES string of the molecule is CC(=O)OCC1O[C@@H](ON2C(=O)c3ccccc3C2=O)[C@H](OC(C)=O)[C@@H](OC(C)=O)[C@H]1F. The van der Waals surface area contributed by atoms with Crippen LogP contribution >= 0.6 is 0 Å². The van der Waals surface area contributed by atoms with E-state index in [1.807, 2.05) is 0 Å². The molecule has 3 rings (SSSR count). The second-order valence-electron chi connectivity index (χ2n) is 6.99. The highest BCUT2D eigenvalue weighted by Gasteiger charge is 2.53. The zero-order valence-corrected chi connectivity index (χ0v) is 17.3. The summed E-state index contributed by atoms with van der Waals surface area (Å²) < 4.78 is 35.4. The third-order valence-electron chi connectivity index (χ3n) is 4.59. The molecule has 12 heteroatoms. The fourth-order valence-corrected chi connectivity index (χ4v) is 3.29. The first kappa shape index (κ1) is 23.3. The summed E-state index contributed by atoms with van der Waals surface area (Å²) in [5, 5.41) is 0.387. The van der Waals surface area contributed by atoms with Gasteiger partial charge in [0, 0.05) is 20.8 Å². The summed E-state index contributed by atoms with van der Waals surface area (Å²) in [5.74, 6) is -4.16. The van der Waals surface area contributed by atoms with Gasteiger partial charge in [0.2, 0.25) is 6.29 Å². The maximum atomic E-state index is 15.1. The van der Waals surface area contributed by atoms with Crippen LogP contribution in [0, 0.1) is 0 Å². The number of carbonyl (C=O) groups is 5. The number of nitrogens with zero attached hydrogens (tertiary/aromatic N) is 1. The molecule has 2 aliphatic heterocycles. The number of carbonyl (C=O) groups excluding carboxylic acids is 5. The van der Waals surface area contributed by atoms with Crippen molar-refractivity contribution >= 4 is 29.7 Å². The van der Waals surface area contributed by atoms with Crippen LogP contribution in [-0.2, 0) is 38.2 Å². The second kappa shape index (κ2) is 9.40. The Morgan fingerprint density at radius 3 is 1.97 bits per heavy atom. The lowest BCUT2D eigenvalue weighted by Gasteiger charge is -2.42. The molecule has 0 aromatic heterocycles. The number of amides is 2. The average Bonchev–Trinajstić information content (AvgIpc) is 2.96. The van der Waals surface area contributed by atoms with Crippen LogP contribution in [0.1, 0.15) is 41.5 Å². The molecule has 1 aromatic carbocycles. The van der Waals surface area contributed by atoms with Crippen molar-refractivity contribution in [2.45, 2.75) is 51.5 Å². The molecule has 0 aliphatic carbocycles. The van der Waals surface area contributed by atoms with E-state index in [0.29, 0.717) is 5.06 Å². The number of ether oxygens (including phenoxy) is 4. The Morgan fingerprint density at radius 2 is 1.47 bits per heavy atom. The van der Waals surface area contributed by atoms with Crippen molar-refractivity contribution in [2.24, 2.45) is 0 Å². The molecule has 0 saturated carbocycles. The lowest BCUT2D eigenvalue weighted by molar-refractivity contribution is -0.333. The minimum atomic E-state index is -2.09. The molecule has 1 aromatic rings. The zero-order chi connectivity index (χ0) is 23.6. The Hall–Kier alpha value is -3.38. The Labute approximate surface area is 181 Å². The molecule has 0 bridgehead atoms. The van der Waals surface area contributed by atoms with E-state index in [-0.39, 0.29) is 11.1 Å². The van der Waals surface area contributed by atoms with Gasteiger partial charge in [0.05, 0.1) is 11.1 Å². The van der Waals surface area contributed by atoms with Crippen molar-refractivity contribution in [2.75, 3.05) is 6.61 Å². The minimum absolute atomic E-state index is 0.0636. The van der Waals surface area contributed by atoms with Crippen LogP contribution < -0.4 is 0 Å². The fraction of sp³-hybridized carbons (Fsp3) is 0.450. The predicted octanol–water partition coefficient (Wildman–Crippen LogP) is 0.704. The second-order valence-corrected chi connectivity index (χ2v) is 6.99. The van der Waals surface area contributed by atoms with E-state index in [2.05, 4.69) is 0 Å². The van der Waals surface area contributed by atoms with E-state index in [1.54, 1.807) is 12.1 Å². The summed E-state index contributed by atoms with van der Waals surface area (Å²) in [6.07, 6.45) is -8.77. The molecule has 32 heavy (non-hydrogen) atoms. The minimum Gasteiger partial charge on any atom is -0.463 e. The number of esters is 3. The third-order valence-corrected chi connectivity index (χ3v) is 4.59. The molecule has 11 nitrogen and oxygen atoms in total. The molecular weight excluding hydrogens is 433 g/mol. The van der Waals surface area contributed by atoms with Crippen molar-refractivity contribution < 1.29 is 52.1 Å². The van der Waals surface area contributed by atoms with Gasteiger partial charge in [-0.05, 0) is 12.1 Å². The van der Waals surface area contributed by atoms with Gasteiger partial charge < -0.3 is 18.9 Å². The Kier molecular flexibility index (Phi) is 6.84. The lowest BCUT2D eigenvalue weighted by atomic mass is 10.00. The highest BCUT2D eigenvalue weighted by molar-refractivity contribution is 6.20. The largest absolute Gasteiger partial charge is 0.463 e. The van der Waals surface area contributed by atoms with E-state index >= 15 is 4.39 Å². The number of halogens is 1. The number of hydrogen-bond donors (Lipinski definition) is 0. The van der Waals surface area contributed by atoms with Crippen LogP contribution in [0.2, 0.25) is 0 Å². The van der Waals surface area contributed by atoms with E-state index in [1.165, 1.54) is 12.1 Å². The molecule has 0 radical (unpaired) electrons. The molecule has 5 atom stereocenters. The molecule has 0 N–H and O–H groups in total. The maximum Gasteiger partial charge on any atom is 0.303 e. The van der Waals surface area contributed by atoms with Gasteiger partial charge in [-0.3, -0.25) is 24.0 Å². The van der Waals surface area contributed by atoms with Crippen LogP contribution in [0.15, 0.2) is 24.3 Å². The van der Waals surface area contributed by atoms with Gasteiger partial charge >= 0.3 is 17.9 Å². The number of fused-ring (bicyclic) bond motifs is 1. The highest BCUT2D eigenvalue weighted by atomic mass is 19.1. The summed E-state index contributed by atoms with van der Waals surface area (Å²) in [6, 6.07) is 5.91. The molecule has 2 amide bonds. The first-order chi connectivity index (χ1) is 15.1. The molecule has 2 aliphatic rings. The first-order valence-electron chi connectivity index (χ1n) is 9.52. The summed E-state index contributed by atoms with van der Waals surface area (Å²) >= 11 is 0. The van der Waals surface area contributed by atoms with Crippen molar-refractivity contribution in [3.8, 4) is 0 Å². The van der Waals surface area contributed by atoms with E-state index in [4.69, 9.17) is 23.8 Å². The quantitative estimate of drug-likeness (QED) is 0.344. The van der Waals surface area contributed by atoms with Crippen molar-refractivity contribution in [3.63, 3.8) is 0 Å². The molecular formula is C20H20FNO10. The number of hydrogen-bond acceptors (Lipinski definition) is 10. The molecule has 1 unspecified atom stereocenters. The van der Waals surface area contributed by atoms with Crippen molar-refractivity contribution in [3.05, 3.63) is 35.4 Å². The summed E-state index contributed by atoms with van der Waals surface area (Å²) in [4.78, 5) is 65.0. The van der Waals surface area contributed by atoms with Gasteiger partial charge in [-0.15, -0.1) is 5.06 Å². The molecule has 0 spiro atoms. The lowest BCUT2D eigenvalue weighted by Crippen LogP contribution is -2.61. The molecule has 172 valence electrons. The Bertz CT molecular complexity index is 915. The topological polar surface area (TPSA) is 135 Å². The summed E-state index contributed by atoms with van der Waals surface area (Å²) in [6.45, 7) is 2.52. The fourth-order valence-electron chi connectivity index (χ4n) is 3.29. The maximum absolute atomic E-state index is 15.1. The monoisotopic (exact) mass is 453 g/mol. The van der Waals surface area contributed by atoms with Crippen LogP contribution in [0.5, 0.6) is 0 Å². The third kappa shape index (κ3) is 4.75. The normalized spacial score (nSPS) is 27.0. The Morgan fingerprint density at radius 1 is 0.938 bits per heavy atom. The van der Waals surface area contributed by atoms with Gasteiger partial charge in [-0.1, -0.05) is 12.1 Å². The zero-order valence-electron chi connectivity index (χ0n) is 17.3. The summed E-state index contributed by atoms with van der Waals surface area (Å²) in [7, 11) is 0. The highest BCUT2D eigenvalue weighted by Crippen LogP contribution is 2.32. The molecule has 1 saturated heterocycles. The van der Waals surface area contributed by atoms with Crippen LogP contribution in [0.25, 0.3) is 0 Å². The van der Waals surface area contributed by atoms with Crippen molar-refractivity contribution in [1.82, 2.24) is 5.06 Å². The van der Waals surface area contributed by atoms with Gasteiger partial charge in [0.15, 0.2) is 18.4 Å². The number of rotatable bonds is 6. The number of imide groups is 1. The molecule has 1 fully saturated rings. The van der Waals surface area contributed by atoms with Crippen LogP contribution in [-0.4, -0.2) is 72.2 Å². The summed E-state index contributed by atoms with van der Waals surface area (Å²) in [5.41, 5.74) is 0.127. The van der Waals surface area contributed by atoms with Crippen LogP contribution in [0.4, 0.5) is 4.39 Å².